The van der Waals surface area contributed by atoms with Crippen molar-refractivity contribution >= 4 is 29.3 Å². The van der Waals surface area contributed by atoms with Gasteiger partial charge in [0, 0.05) is 29.8 Å². The molecule has 6 nitrogen and oxygen atoms in total. The average molecular weight is 364 g/mol. The molecule has 0 bridgehead atoms. The molecule has 6 heteroatoms. The van der Waals surface area contributed by atoms with Gasteiger partial charge in [-0.3, -0.25) is 24.1 Å². The van der Waals surface area contributed by atoms with Crippen LogP contribution < -0.4 is 4.90 Å². The quantitative estimate of drug-likeness (QED) is 0.772. The van der Waals surface area contributed by atoms with Crippen LogP contribution in [0.5, 0.6) is 0 Å². The number of anilines is 1. The zero-order valence-corrected chi connectivity index (χ0v) is 15.1. The van der Waals surface area contributed by atoms with Crippen molar-refractivity contribution in [2.45, 2.75) is 44.6 Å². The molecule has 0 radical (unpaired) electrons. The summed E-state index contributed by atoms with van der Waals surface area (Å²) >= 11 is 0. The Morgan fingerprint density at radius 3 is 1.93 bits per heavy atom. The third-order valence-electron chi connectivity index (χ3n) is 5.63. The molecule has 138 valence electrons. The highest BCUT2D eigenvalue weighted by Gasteiger charge is 2.36. The van der Waals surface area contributed by atoms with Crippen LogP contribution in [-0.2, 0) is 19.2 Å². The summed E-state index contributed by atoms with van der Waals surface area (Å²) in [5.74, 6) is -0.658. The molecular formula is C21H20N2O4. The second-order valence-corrected chi connectivity index (χ2v) is 7.28. The van der Waals surface area contributed by atoms with Gasteiger partial charge in [-0.1, -0.05) is 12.1 Å². The zero-order chi connectivity index (χ0) is 19.1. The summed E-state index contributed by atoms with van der Waals surface area (Å²) < 4.78 is 0. The molecule has 3 aliphatic rings. The van der Waals surface area contributed by atoms with Crippen molar-refractivity contribution in [3.05, 3.63) is 53.6 Å². The van der Waals surface area contributed by atoms with Gasteiger partial charge in [0.2, 0.25) is 0 Å². The van der Waals surface area contributed by atoms with Gasteiger partial charge in [0.15, 0.2) is 0 Å². The molecule has 1 saturated carbocycles. The molecule has 4 amide bonds. The number of carbonyl (C=O) groups excluding carboxylic acids is 4. The second-order valence-electron chi connectivity index (χ2n) is 7.28. The molecule has 1 fully saturated rings. The Labute approximate surface area is 157 Å². The predicted octanol–water partition coefficient (Wildman–Crippen LogP) is 2.46. The topological polar surface area (TPSA) is 74.8 Å². The highest BCUT2D eigenvalue weighted by molar-refractivity contribution is 6.28. The average Bonchev–Trinajstić information content (AvgIpc) is 3.13. The Bertz CT molecular complexity index is 871. The molecule has 0 saturated heterocycles. The number of amides is 4. The highest BCUT2D eigenvalue weighted by atomic mass is 16.2. The van der Waals surface area contributed by atoms with E-state index in [1.54, 1.807) is 19.1 Å². The zero-order valence-electron chi connectivity index (χ0n) is 15.1. The van der Waals surface area contributed by atoms with Crippen LogP contribution in [0.3, 0.4) is 0 Å². The molecule has 27 heavy (non-hydrogen) atoms. The van der Waals surface area contributed by atoms with Gasteiger partial charge in [0.05, 0.1) is 5.69 Å². The molecule has 2 heterocycles. The van der Waals surface area contributed by atoms with E-state index in [1.807, 2.05) is 12.1 Å². The Balaban J connectivity index is 1.40. The van der Waals surface area contributed by atoms with Gasteiger partial charge in [-0.2, -0.15) is 0 Å². The van der Waals surface area contributed by atoms with E-state index in [0.29, 0.717) is 17.2 Å². The first-order valence-electron chi connectivity index (χ1n) is 9.17. The van der Waals surface area contributed by atoms with E-state index in [1.165, 1.54) is 23.1 Å². The van der Waals surface area contributed by atoms with E-state index in [2.05, 4.69) is 0 Å². The fraction of sp³-hybridized carbons (Fsp3) is 0.333. The molecule has 0 aromatic heterocycles. The van der Waals surface area contributed by atoms with Crippen molar-refractivity contribution in [1.29, 1.82) is 0 Å². The molecule has 1 aromatic carbocycles. The lowest BCUT2D eigenvalue weighted by Crippen LogP contribution is -2.42. The van der Waals surface area contributed by atoms with Gasteiger partial charge in [-0.25, -0.2) is 4.90 Å². The van der Waals surface area contributed by atoms with Crippen LogP contribution in [0.1, 0.15) is 44.1 Å². The Morgan fingerprint density at radius 2 is 1.41 bits per heavy atom. The van der Waals surface area contributed by atoms with Gasteiger partial charge in [-0.15, -0.1) is 0 Å². The largest absolute Gasteiger partial charge is 0.272 e. The van der Waals surface area contributed by atoms with E-state index in [4.69, 9.17) is 0 Å². The van der Waals surface area contributed by atoms with Crippen molar-refractivity contribution in [3.8, 4) is 0 Å². The lowest BCUT2D eigenvalue weighted by Gasteiger charge is -2.34. The van der Waals surface area contributed by atoms with Crippen LogP contribution in [-0.4, -0.2) is 34.6 Å². The number of imide groups is 2. The fourth-order valence-corrected chi connectivity index (χ4v) is 4.17. The van der Waals surface area contributed by atoms with Gasteiger partial charge in [0.25, 0.3) is 23.6 Å². The van der Waals surface area contributed by atoms with Crippen LogP contribution >= 0.6 is 0 Å². The van der Waals surface area contributed by atoms with Crippen molar-refractivity contribution in [3.63, 3.8) is 0 Å². The number of carbonyl (C=O) groups is 4. The Hall–Kier alpha value is -3.02. The lowest BCUT2D eigenvalue weighted by molar-refractivity contribution is -0.140. The minimum absolute atomic E-state index is 0.0276. The van der Waals surface area contributed by atoms with Crippen LogP contribution in [0.2, 0.25) is 0 Å². The summed E-state index contributed by atoms with van der Waals surface area (Å²) in [5.41, 5.74) is 2.23. The monoisotopic (exact) mass is 364 g/mol. The maximum absolute atomic E-state index is 12.2. The molecule has 1 aromatic rings. The summed E-state index contributed by atoms with van der Waals surface area (Å²) in [4.78, 5) is 50.3. The number of hydrogen-bond donors (Lipinski definition) is 0. The van der Waals surface area contributed by atoms with E-state index in [9.17, 15) is 19.2 Å². The lowest BCUT2D eigenvalue weighted by atomic mass is 9.81. The minimum atomic E-state index is -0.322. The number of hydrogen-bond acceptors (Lipinski definition) is 4. The van der Waals surface area contributed by atoms with Crippen molar-refractivity contribution < 1.29 is 19.2 Å². The third-order valence-corrected chi connectivity index (χ3v) is 5.63. The van der Waals surface area contributed by atoms with Crippen LogP contribution in [0.25, 0.3) is 0 Å². The standard InChI is InChI=1S/C21H20N2O4/c1-13-12-20(26)23(21(13)27)17-8-4-15(5-9-17)14-2-6-16(7-3-14)22-18(24)10-11-19(22)25/h2-3,6-7,10-12,15,17H,4-5,8-9H2,1H3. The molecule has 4 rings (SSSR count). The molecule has 0 atom stereocenters. The van der Waals surface area contributed by atoms with Crippen LogP contribution in [0, 0.1) is 0 Å². The first-order chi connectivity index (χ1) is 13.0. The number of nitrogens with zero attached hydrogens (tertiary/aromatic N) is 2. The molecule has 1 aliphatic carbocycles. The van der Waals surface area contributed by atoms with Gasteiger partial charge in [0.1, 0.15) is 0 Å². The molecule has 0 spiro atoms. The van der Waals surface area contributed by atoms with Crippen molar-refractivity contribution in [2.24, 2.45) is 0 Å². The summed E-state index contributed by atoms with van der Waals surface area (Å²) in [6, 6.07) is 7.48. The van der Waals surface area contributed by atoms with E-state index >= 15 is 0 Å². The first kappa shape index (κ1) is 17.4. The van der Waals surface area contributed by atoms with E-state index in [-0.39, 0.29) is 29.7 Å². The molecule has 0 N–H and O–H groups in total. The smallest absolute Gasteiger partial charge is 0.258 e. The summed E-state index contributed by atoms with van der Waals surface area (Å²) in [7, 11) is 0. The third kappa shape index (κ3) is 3.01. The van der Waals surface area contributed by atoms with E-state index < -0.39 is 0 Å². The number of rotatable bonds is 3. The Kier molecular flexibility index (Phi) is 4.26. The highest BCUT2D eigenvalue weighted by Crippen LogP contribution is 2.36. The first-order valence-corrected chi connectivity index (χ1v) is 9.17. The predicted molar refractivity (Wildman–Crippen MR) is 98.7 cm³/mol. The maximum atomic E-state index is 12.2. The molecular weight excluding hydrogens is 344 g/mol. The van der Waals surface area contributed by atoms with Crippen molar-refractivity contribution in [1.82, 2.24) is 4.90 Å². The Morgan fingerprint density at radius 1 is 0.815 bits per heavy atom. The summed E-state index contributed by atoms with van der Waals surface area (Å²) in [6.07, 6.45) is 7.33. The minimum Gasteiger partial charge on any atom is -0.272 e. The fourth-order valence-electron chi connectivity index (χ4n) is 4.17. The molecule has 2 aliphatic heterocycles. The normalized spacial score (nSPS) is 25.6. The van der Waals surface area contributed by atoms with Crippen LogP contribution in [0.15, 0.2) is 48.1 Å². The summed E-state index contributed by atoms with van der Waals surface area (Å²) in [5, 5.41) is 0. The van der Waals surface area contributed by atoms with Crippen LogP contribution in [0.4, 0.5) is 5.69 Å². The van der Waals surface area contributed by atoms with Gasteiger partial charge < -0.3 is 0 Å². The summed E-state index contributed by atoms with van der Waals surface area (Å²) in [6.45, 7) is 1.68. The molecule has 0 unspecified atom stereocenters. The van der Waals surface area contributed by atoms with E-state index in [0.717, 1.165) is 36.1 Å². The second kappa shape index (κ2) is 6.61. The van der Waals surface area contributed by atoms with Gasteiger partial charge in [-0.05, 0) is 56.2 Å². The SMILES string of the molecule is CC1=CC(=O)N(C2CCC(c3ccc(N4C(=O)C=CC4=O)cc3)CC2)C1=O. The van der Waals surface area contributed by atoms with Crippen molar-refractivity contribution in [2.75, 3.05) is 4.90 Å². The number of benzene rings is 1. The van der Waals surface area contributed by atoms with Gasteiger partial charge >= 0.3 is 0 Å². The maximum Gasteiger partial charge on any atom is 0.258 e.